The van der Waals surface area contributed by atoms with E-state index in [0.717, 1.165) is 0 Å². The van der Waals surface area contributed by atoms with Crippen LogP contribution in [0.5, 0.6) is 0 Å². The van der Waals surface area contributed by atoms with Crippen molar-refractivity contribution in [2.24, 2.45) is 16.6 Å². The van der Waals surface area contributed by atoms with Crippen molar-refractivity contribution in [2.45, 2.75) is 0 Å². The first-order chi connectivity index (χ1) is 3.91. The van der Waals surface area contributed by atoms with Crippen LogP contribution in [0, 0.1) is 0 Å². The summed E-state index contributed by atoms with van der Waals surface area (Å²) in [5.41, 5.74) is 9.81. The van der Waals surface area contributed by atoms with Crippen molar-refractivity contribution in [2.75, 3.05) is 13.1 Å². The van der Waals surface area contributed by atoms with Crippen LogP contribution in [0.2, 0.25) is 0 Å². The van der Waals surface area contributed by atoms with E-state index in [1.165, 1.54) is 0 Å². The Hall–Kier alpha value is -0.210. The lowest BCUT2D eigenvalue weighted by Crippen LogP contribution is -2.11. The van der Waals surface area contributed by atoms with Gasteiger partial charge in [0, 0.05) is 13.1 Å². The lowest BCUT2D eigenvalue weighted by molar-refractivity contribution is 0.485. The number of hydrogen-bond acceptors (Lipinski definition) is 4. The van der Waals surface area contributed by atoms with E-state index in [0.29, 0.717) is 13.1 Å². The molecule has 0 unspecified atom stereocenters. The molecule has 7 N–H and O–H groups in total. The Kier molecular flexibility index (Phi) is 7.61. The van der Waals surface area contributed by atoms with Crippen molar-refractivity contribution in [3.63, 3.8) is 0 Å². The molecule has 0 radical (unpaired) electrons. The van der Waals surface area contributed by atoms with Gasteiger partial charge in [0.05, 0.1) is 0 Å². The van der Waals surface area contributed by atoms with E-state index < -0.39 is 10.3 Å². The molecule has 0 aliphatic rings. The zero-order valence-corrected chi connectivity index (χ0v) is 5.63. The largest absolute Gasteiger partial charge is 0.330 e. The summed E-state index contributed by atoms with van der Waals surface area (Å²) in [7, 11) is -4.17. The van der Waals surface area contributed by atoms with Crippen molar-refractivity contribution < 1.29 is 13.0 Å². The third-order valence-corrected chi connectivity index (χ3v) is 0.167. The van der Waals surface area contributed by atoms with Gasteiger partial charge in [0.2, 0.25) is 0 Å². The molecule has 0 fully saturated rings. The van der Waals surface area contributed by atoms with Gasteiger partial charge in [-0.2, -0.15) is 8.42 Å². The van der Waals surface area contributed by atoms with Gasteiger partial charge in [0.15, 0.2) is 0 Å². The molecule has 0 rings (SSSR count). The van der Waals surface area contributed by atoms with Crippen LogP contribution in [0.1, 0.15) is 0 Å². The van der Waals surface area contributed by atoms with Crippen LogP contribution in [0.15, 0.2) is 0 Å². The van der Waals surface area contributed by atoms with Gasteiger partial charge in [-0.25, -0.2) is 5.14 Å². The molecule has 0 aromatic carbocycles. The van der Waals surface area contributed by atoms with E-state index in [4.69, 9.17) is 24.4 Å². The predicted octanol–water partition coefficient (Wildman–Crippen LogP) is -2.35. The smallest absolute Gasteiger partial charge is 0.329 e. The molecule has 58 valence electrons. The second kappa shape index (κ2) is 5.92. The van der Waals surface area contributed by atoms with E-state index in [1.54, 1.807) is 0 Å². The summed E-state index contributed by atoms with van der Waals surface area (Å²) >= 11 is 0. The highest BCUT2D eigenvalue weighted by atomic mass is 32.2. The molecule has 0 bridgehead atoms. The summed E-state index contributed by atoms with van der Waals surface area (Å²) in [6, 6.07) is 0. The highest BCUT2D eigenvalue weighted by molar-refractivity contribution is 7.83. The molecule has 6 nitrogen and oxygen atoms in total. The van der Waals surface area contributed by atoms with E-state index >= 15 is 0 Å². The van der Waals surface area contributed by atoms with Gasteiger partial charge >= 0.3 is 10.3 Å². The predicted molar refractivity (Wildman–Crippen MR) is 33.8 cm³/mol. The van der Waals surface area contributed by atoms with Gasteiger partial charge in [-0.1, -0.05) is 0 Å². The Morgan fingerprint density at radius 3 is 1.33 bits per heavy atom. The van der Waals surface area contributed by atoms with E-state index in [9.17, 15) is 0 Å². The lowest BCUT2D eigenvalue weighted by atomic mass is 10.7. The maximum absolute atomic E-state index is 8.97. The zero-order chi connectivity index (χ0) is 7.91. The van der Waals surface area contributed by atoms with Crippen molar-refractivity contribution in [1.82, 2.24) is 0 Å². The van der Waals surface area contributed by atoms with Crippen molar-refractivity contribution >= 4 is 10.3 Å². The van der Waals surface area contributed by atoms with Gasteiger partial charge in [0.25, 0.3) is 0 Å². The van der Waals surface area contributed by atoms with Gasteiger partial charge in [-0.05, 0) is 0 Å². The summed E-state index contributed by atoms with van der Waals surface area (Å²) in [6.07, 6.45) is 0. The molecule has 0 aromatic heterocycles. The Morgan fingerprint density at radius 2 is 1.33 bits per heavy atom. The van der Waals surface area contributed by atoms with Crippen molar-refractivity contribution in [3.8, 4) is 0 Å². The molecule has 0 saturated heterocycles. The van der Waals surface area contributed by atoms with Gasteiger partial charge in [-0.15, -0.1) is 0 Å². The normalized spacial score (nSPS) is 9.78. The van der Waals surface area contributed by atoms with E-state index in [1.807, 2.05) is 0 Å². The maximum Gasteiger partial charge on any atom is 0.330 e. The molecule has 0 spiro atoms. The molecule has 9 heavy (non-hydrogen) atoms. The monoisotopic (exact) mass is 157 g/mol. The molecule has 0 aliphatic carbocycles. The number of nitrogens with two attached hydrogens (primary N) is 3. The quantitative estimate of drug-likeness (QED) is 0.316. The van der Waals surface area contributed by atoms with Gasteiger partial charge in [-0.3, -0.25) is 4.55 Å². The molecule has 0 heterocycles. The van der Waals surface area contributed by atoms with Crippen LogP contribution >= 0.6 is 0 Å². The molecule has 0 saturated carbocycles. The second-order valence-corrected chi connectivity index (χ2v) is 2.12. The minimum Gasteiger partial charge on any atom is -0.329 e. The fourth-order valence-corrected chi connectivity index (χ4v) is 0. The number of hydrogen-bond donors (Lipinski definition) is 4. The van der Waals surface area contributed by atoms with Crippen LogP contribution in [0.25, 0.3) is 0 Å². The fourth-order valence-electron chi connectivity index (χ4n) is 0. The van der Waals surface area contributed by atoms with Crippen molar-refractivity contribution in [3.05, 3.63) is 0 Å². The standard InChI is InChI=1S/C2H8N2.H3NO3S/c3-1-2-4;1-5(2,3)4/h1-4H2;(H3,1,2,3,4). The lowest BCUT2D eigenvalue weighted by Gasteiger charge is -1.72. The SMILES string of the molecule is NCCN.NS(=O)(=O)O. The average Bonchev–Trinajstić information content (AvgIpc) is 1.61. The minimum absolute atomic E-state index is 0.597. The third kappa shape index (κ3) is 418. The molecular weight excluding hydrogens is 146 g/mol. The summed E-state index contributed by atoms with van der Waals surface area (Å²) in [5.74, 6) is 0. The molecule has 0 aliphatic heterocycles. The summed E-state index contributed by atoms with van der Waals surface area (Å²) < 4.78 is 25.2. The minimum atomic E-state index is -4.17. The first kappa shape index (κ1) is 11.6. The average molecular weight is 157 g/mol. The summed E-state index contributed by atoms with van der Waals surface area (Å²) in [5, 5.41) is 3.88. The molecule has 0 aromatic rings. The van der Waals surface area contributed by atoms with Crippen LogP contribution in [0.3, 0.4) is 0 Å². The topological polar surface area (TPSA) is 132 Å². The Labute approximate surface area is 53.9 Å². The first-order valence-corrected chi connectivity index (χ1v) is 3.57. The van der Waals surface area contributed by atoms with Crippen LogP contribution in [-0.4, -0.2) is 26.1 Å². The summed E-state index contributed by atoms with van der Waals surface area (Å²) in [6.45, 7) is 1.19. The van der Waals surface area contributed by atoms with Crippen LogP contribution in [-0.2, 0) is 10.3 Å². The van der Waals surface area contributed by atoms with Gasteiger partial charge in [0.1, 0.15) is 0 Å². The molecule has 7 heteroatoms. The van der Waals surface area contributed by atoms with Crippen molar-refractivity contribution in [1.29, 1.82) is 0 Å². The second-order valence-electron chi connectivity index (χ2n) is 1.09. The third-order valence-electron chi connectivity index (χ3n) is 0.167. The maximum atomic E-state index is 8.97. The Bertz CT molecular complexity index is 120. The Morgan fingerprint density at radius 1 is 1.22 bits per heavy atom. The first-order valence-electron chi connectivity index (χ1n) is 2.07. The van der Waals surface area contributed by atoms with Crippen LogP contribution in [0.4, 0.5) is 0 Å². The molecule has 0 amide bonds. The van der Waals surface area contributed by atoms with Gasteiger partial charge < -0.3 is 11.5 Å². The van der Waals surface area contributed by atoms with Crippen LogP contribution < -0.4 is 16.6 Å². The zero-order valence-electron chi connectivity index (χ0n) is 4.82. The Balaban J connectivity index is 0. The molecular formula is C2H11N3O3S. The van der Waals surface area contributed by atoms with E-state index in [2.05, 4.69) is 5.14 Å². The highest BCUT2D eigenvalue weighted by Crippen LogP contribution is 1.50. The fraction of sp³-hybridized carbons (Fsp3) is 1.00. The molecule has 0 atom stereocenters. The summed E-state index contributed by atoms with van der Waals surface area (Å²) in [4.78, 5) is 0. The highest BCUT2D eigenvalue weighted by Gasteiger charge is 1.81. The van der Waals surface area contributed by atoms with E-state index in [-0.39, 0.29) is 0 Å². The number of rotatable bonds is 1.